The monoisotopic (exact) mass is 388 g/mol. The summed E-state index contributed by atoms with van der Waals surface area (Å²) in [5.74, 6) is -31.5. The second kappa shape index (κ2) is 4.16. The van der Waals surface area contributed by atoms with Crippen molar-refractivity contribution in [2.24, 2.45) is 0 Å². The van der Waals surface area contributed by atoms with Crippen molar-refractivity contribution < 1.29 is 52.7 Å². The highest BCUT2D eigenvalue weighted by Crippen LogP contribution is 2.76. The zero-order valence-corrected chi connectivity index (χ0v) is 11.0. The van der Waals surface area contributed by atoms with E-state index in [4.69, 9.17) is 0 Å². The largest absolute Gasteiger partial charge is 0.381 e. The molecule has 0 saturated heterocycles. The summed E-state index contributed by atoms with van der Waals surface area (Å²) in [5, 5.41) is -5.37. The van der Waals surface area contributed by atoms with Gasteiger partial charge in [0.15, 0.2) is 5.83 Å². The quantitative estimate of drug-likeness (QED) is 0.468. The fourth-order valence-corrected chi connectivity index (χ4v) is 4.38. The molecule has 128 valence electrons. The number of halogens is 12. The fraction of sp³-hybridized carbons (Fsp3) is 0.750. The molecule has 2 aliphatic rings. The van der Waals surface area contributed by atoms with Gasteiger partial charge in [-0.15, -0.1) is 0 Å². The summed E-state index contributed by atoms with van der Waals surface area (Å²) in [4.78, 5) is -2.29. The van der Waals surface area contributed by atoms with Gasteiger partial charge in [0, 0.05) is 0 Å². The molecule has 0 atom stereocenters. The maximum Gasteiger partial charge on any atom is 0.381 e. The minimum atomic E-state index is -6.11. The van der Waals surface area contributed by atoms with Crippen molar-refractivity contribution >= 4 is 21.6 Å². The molecule has 1 fully saturated rings. The molecule has 0 heterocycles. The summed E-state index contributed by atoms with van der Waals surface area (Å²) in [6.45, 7) is 0. The first-order chi connectivity index (χ1) is 9.50. The van der Waals surface area contributed by atoms with Gasteiger partial charge in [-0.25, -0.2) is 8.78 Å². The van der Waals surface area contributed by atoms with Crippen molar-refractivity contribution in [3.63, 3.8) is 0 Å². The van der Waals surface area contributed by atoms with Gasteiger partial charge < -0.3 is 0 Å². The molecule has 0 spiro atoms. The van der Waals surface area contributed by atoms with E-state index in [1.807, 2.05) is 0 Å². The predicted octanol–water partition coefficient (Wildman–Crippen LogP) is 5.42. The highest BCUT2D eigenvalue weighted by atomic mass is 33.1. The first kappa shape index (κ1) is 17.9. The van der Waals surface area contributed by atoms with E-state index >= 15 is 0 Å². The topological polar surface area (TPSA) is 0 Å². The van der Waals surface area contributed by atoms with Crippen molar-refractivity contribution in [3.8, 4) is 0 Å². The molecule has 14 heteroatoms. The lowest BCUT2D eigenvalue weighted by Crippen LogP contribution is -2.82. The normalized spacial score (nSPS) is 32.2. The number of hydrogen-bond acceptors (Lipinski definition) is 2. The molecular formula is C8F12S2. The van der Waals surface area contributed by atoms with Crippen molar-refractivity contribution in [2.45, 2.75) is 34.6 Å². The third-order valence-corrected chi connectivity index (χ3v) is 5.86. The summed E-state index contributed by atoms with van der Waals surface area (Å²) < 4.78 is 152. The Morgan fingerprint density at radius 3 is 1.36 bits per heavy atom. The van der Waals surface area contributed by atoms with E-state index in [2.05, 4.69) is 0 Å². The maximum atomic E-state index is 13.4. The highest BCUT2D eigenvalue weighted by molar-refractivity contribution is 8.78. The van der Waals surface area contributed by atoms with Gasteiger partial charge in [0.05, 0.1) is 0 Å². The Labute approximate surface area is 120 Å². The van der Waals surface area contributed by atoms with Gasteiger partial charge in [0.25, 0.3) is 0 Å². The van der Waals surface area contributed by atoms with Crippen LogP contribution in [0.4, 0.5) is 52.7 Å². The van der Waals surface area contributed by atoms with Gasteiger partial charge in [-0.1, -0.05) is 0 Å². The predicted molar refractivity (Wildman–Crippen MR) is 51.9 cm³/mol. The lowest BCUT2D eigenvalue weighted by Gasteiger charge is -2.53. The minimum absolute atomic E-state index is 1.21. The molecule has 2 aliphatic carbocycles. The zero-order valence-electron chi connectivity index (χ0n) is 9.35. The molecule has 0 aromatic carbocycles. The Morgan fingerprint density at radius 2 is 1.00 bits per heavy atom. The summed E-state index contributed by atoms with van der Waals surface area (Å²) in [5.41, 5.74) is 0. The van der Waals surface area contributed by atoms with E-state index in [9.17, 15) is 52.7 Å². The van der Waals surface area contributed by atoms with E-state index in [1.54, 1.807) is 0 Å². The fourth-order valence-electron chi connectivity index (χ4n) is 1.53. The van der Waals surface area contributed by atoms with Gasteiger partial charge in [-0.3, -0.25) is 0 Å². The van der Waals surface area contributed by atoms with Gasteiger partial charge in [0.1, 0.15) is 4.91 Å². The minimum Gasteiger partial charge on any atom is -0.217 e. The molecule has 0 amide bonds. The molecule has 0 N–H and O–H groups in total. The third kappa shape index (κ3) is 1.53. The van der Waals surface area contributed by atoms with Crippen LogP contribution >= 0.6 is 21.6 Å². The lowest BCUT2D eigenvalue weighted by molar-refractivity contribution is -0.444. The second-order valence-electron chi connectivity index (χ2n) is 4.28. The Morgan fingerprint density at radius 1 is 0.591 bits per heavy atom. The van der Waals surface area contributed by atoms with Gasteiger partial charge in [-0.05, 0) is 21.6 Å². The first-order valence-corrected chi connectivity index (χ1v) is 6.99. The molecule has 0 bridgehead atoms. The average Bonchev–Trinajstić information content (AvgIpc) is 2.36. The standard InChI is InChI=1S/C8F12S2/c9-1-2(4(12,13)3(1,10)11)21-22-8(20)6(16,17)5(14,15)7(8,18)19. The maximum absolute atomic E-state index is 13.4. The van der Waals surface area contributed by atoms with Crippen LogP contribution in [-0.2, 0) is 0 Å². The molecule has 0 radical (unpaired) electrons. The van der Waals surface area contributed by atoms with Crippen LogP contribution in [0.25, 0.3) is 0 Å². The SMILES string of the molecule is FC1=C(SSC2(F)C(F)(F)C(F)(F)C2(F)F)C(F)(F)C1(F)F. The third-order valence-electron chi connectivity index (χ3n) is 2.99. The van der Waals surface area contributed by atoms with Crippen LogP contribution in [0.2, 0.25) is 0 Å². The Kier molecular flexibility index (Phi) is 3.40. The van der Waals surface area contributed by atoms with E-state index in [-0.39, 0.29) is 0 Å². The smallest absolute Gasteiger partial charge is 0.217 e. The molecule has 0 unspecified atom stereocenters. The van der Waals surface area contributed by atoms with Crippen molar-refractivity contribution in [3.05, 3.63) is 10.7 Å². The van der Waals surface area contributed by atoms with Crippen LogP contribution in [0.5, 0.6) is 0 Å². The lowest BCUT2D eigenvalue weighted by atomic mass is 9.81. The Hall–Kier alpha value is -0.400. The Bertz CT molecular complexity index is 531. The molecule has 2 rings (SSSR count). The van der Waals surface area contributed by atoms with E-state index < -0.39 is 66.9 Å². The van der Waals surface area contributed by atoms with Gasteiger partial charge >= 0.3 is 34.6 Å². The van der Waals surface area contributed by atoms with Crippen LogP contribution in [0.1, 0.15) is 0 Å². The highest BCUT2D eigenvalue weighted by Gasteiger charge is 3.00. The number of rotatable bonds is 3. The van der Waals surface area contributed by atoms with E-state index in [0.717, 1.165) is 0 Å². The van der Waals surface area contributed by atoms with Crippen LogP contribution in [-0.4, -0.2) is 34.6 Å². The van der Waals surface area contributed by atoms with E-state index in [0.29, 0.717) is 0 Å². The van der Waals surface area contributed by atoms with Gasteiger partial charge in [0.2, 0.25) is 0 Å². The van der Waals surface area contributed by atoms with Crippen LogP contribution in [0.3, 0.4) is 0 Å². The number of allylic oxidation sites excluding steroid dienone is 2. The molecule has 1 saturated carbocycles. The summed E-state index contributed by atoms with van der Waals surface area (Å²) >= 11 is 0. The summed E-state index contributed by atoms with van der Waals surface area (Å²) in [7, 11) is -2.78. The number of hydrogen-bond donors (Lipinski definition) is 0. The molecule has 0 aliphatic heterocycles. The molecule has 22 heavy (non-hydrogen) atoms. The van der Waals surface area contributed by atoms with E-state index in [1.165, 1.54) is 0 Å². The zero-order chi connectivity index (χ0) is 17.6. The number of alkyl halides is 11. The molecule has 0 nitrogen and oxygen atoms in total. The van der Waals surface area contributed by atoms with Crippen LogP contribution < -0.4 is 0 Å². The van der Waals surface area contributed by atoms with Crippen LogP contribution in [0.15, 0.2) is 10.7 Å². The first-order valence-electron chi connectivity index (χ1n) is 4.84. The molecule has 0 aromatic rings. The summed E-state index contributed by atoms with van der Waals surface area (Å²) in [6.07, 6.45) is 0. The average molecular weight is 388 g/mol. The summed E-state index contributed by atoms with van der Waals surface area (Å²) in [6, 6.07) is 0. The van der Waals surface area contributed by atoms with Crippen molar-refractivity contribution in [2.75, 3.05) is 0 Å². The van der Waals surface area contributed by atoms with Crippen molar-refractivity contribution in [1.29, 1.82) is 0 Å². The molecular weight excluding hydrogens is 388 g/mol. The van der Waals surface area contributed by atoms with Crippen molar-refractivity contribution in [1.82, 2.24) is 0 Å². The van der Waals surface area contributed by atoms with Crippen LogP contribution in [0, 0.1) is 0 Å². The van der Waals surface area contributed by atoms with Gasteiger partial charge in [-0.2, -0.15) is 43.9 Å². The Balaban J connectivity index is 2.26. The molecule has 0 aromatic heterocycles. The second-order valence-corrected chi connectivity index (χ2v) is 6.58.